The van der Waals surface area contributed by atoms with Gasteiger partial charge in [0.1, 0.15) is 18.2 Å². The van der Waals surface area contributed by atoms with Gasteiger partial charge >= 0.3 is 0 Å². The Morgan fingerprint density at radius 2 is 1.81 bits per heavy atom. The summed E-state index contributed by atoms with van der Waals surface area (Å²) in [6, 6.07) is 13.1. The first-order chi connectivity index (χ1) is 13.1. The minimum Gasteiger partial charge on any atom is -0.497 e. The maximum atomic E-state index is 13.4. The fourth-order valence-electron chi connectivity index (χ4n) is 2.69. The smallest absolute Gasteiger partial charge is 0.224 e. The monoisotopic (exact) mass is 367 g/mol. The molecule has 0 bridgehead atoms. The molecule has 2 aromatic heterocycles. The molecule has 0 saturated heterocycles. The Bertz CT molecular complexity index is 1060. The molecule has 1 N–H and O–H groups in total. The molecule has 7 heteroatoms. The zero-order valence-corrected chi connectivity index (χ0v) is 14.4. The number of nitrogens with zero attached hydrogens (tertiary/aromatic N) is 2. The first kappa shape index (κ1) is 17.0. The van der Waals surface area contributed by atoms with E-state index < -0.39 is 11.6 Å². The number of aromatic amines is 1. The van der Waals surface area contributed by atoms with Crippen LogP contribution >= 0.6 is 0 Å². The van der Waals surface area contributed by atoms with Crippen LogP contribution in [0.15, 0.2) is 54.7 Å². The molecule has 0 atom stereocenters. The number of nitrogens with one attached hydrogen (secondary N) is 1. The Labute approximate surface area is 153 Å². The Hall–Kier alpha value is -3.48. The van der Waals surface area contributed by atoms with Gasteiger partial charge in [-0.1, -0.05) is 12.1 Å². The van der Waals surface area contributed by atoms with Crippen molar-refractivity contribution in [2.75, 3.05) is 7.11 Å². The molecule has 136 valence electrons. The largest absolute Gasteiger partial charge is 0.497 e. The van der Waals surface area contributed by atoms with Crippen molar-refractivity contribution in [3.8, 4) is 23.0 Å². The van der Waals surface area contributed by atoms with Crippen molar-refractivity contribution in [2.45, 2.75) is 6.61 Å². The Morgan fingerprint density at radius 1 is 1.04 bits per heavy atom. The van der Waals surface area contributed by atoms with Gasteiger partial charge in [-0.25, -0.2) is 18.7 Å². The Balaban J connectivity index is 1.62. The molecule has 0 saturated carbocycles. The second kappa shape index (κ2) is 7.03. The summed E-state index contributed by atoms with van der Waals surface area (Å²) in [6.07, 6.45) is 1.61. The SMILES string of the molecule is COc1ccc(COc2ncccc2-c2nc3cc(F)c(F)cc3[nH]2)cc1. The molecule has 0 spiro atoms. The summed E-state index contributed by atoms with van der Waals surface area (Å²) in [7, 11) is 1.61. The van der Waals surface area contributed by atoms with E-state index >= 15 is 0 Å². The molecule has 4 aromatic rings. The van der Waals surface area contributed by atoms with Crippen molar-refractivity contribution in [1.82, 2.24) is 15.0 Å². The molecule has 0 unspecified atom stereocenters. The van der Waals surface area contributed by atoms with Crippen LogP contribution in [0.3, 0.4) is 0 Å². The van der Waals surface area contributed by atoms with E-state index in [-0.39, 0.29) is 0 Å². The van der Waals surface area contributed by atoms with Crippen LogP contribution in [0, 0.1) is 11.6 Å². The fraction of sp³-hybridized carbons (Fsp3) is 0.100. The third-order valence-corrected chi connectivity index (χ3v) is 4.08. The number of rotatable bonds is 5. The number of imidazole rings is 1. The summed E-state index contributed by atoms with van der Waals surface area (Å²) in [5.41, 5.74) is 2.27. The minimum atomic E-state index is -0.942. The van der Waals surface area contributed by atoms with E-state index in [0.29, 0.717) is 34.9 Å². The fourth-order valence-corrected chi connectivity index (χ4v) is 2.69. The Kier molecular flexibility index (Phi) is 4.42. The van der Waals surface area contributed by atoms with Gasteiger partial charge < -0.3 is 14.5 Å². The molecule has 27 heavy (non-hydrogen) atoms. The number of hydrogen-bond donors (Lipinski definition) is 1. The lowest BCUT2D eigenvalue weighted by Gasteiger charge is -2.09. The average molecular weight is 367 g/mol. The van der Waals surface area contributed by atoms with E-state index in [1.807, 2.05) is 24.3 Å². The molecule has 2 heterocycles. The molecule has 0 amide bonds. The highest BCUT2D eigenvalue weighted by atomic mass is 19.2. The molecule has 4 rings (SSSR count). The lowest BCUT2D eigenvalue weighted by atomic mass is 10.2. The summed E-state index contributed by atoms with van der Waals surface area (Å²) in [6.45, 7) is 0.303. The number of aromatic nitrogens is 3. The number of pyridine rings is 1. The predicted octanol–water partition coefficient (Wildman–Crippen LogP) is 4.49. The highest BCUT2D eigenvalue weighted by molar-refractivity contribution is 5.80. The maximum absolute atomic E-state index is 13.4. The molecule has 2 aromatic carbocycles. The molecular weight excluding hydrogens is 352 g/mol. The lowest BCUT2D eigenvalue weighted by molar-refractivity contribution is 0.295. The van der Waals surface area contributed by atoms with Crippen molar-refractivity contribution >= 4 is 11.0 Å². The van der Waals surface area contributed by atoms with Gasteiger partial charge in [-0.2, -0.15) is 0 Å². The molecule has 5 nitrogen and oxygen atoms in total. The van der Waals surface area contributed by atoms with E-state index in [0.717, 1.165) is 23.4 Å². The summed E-state index contributed by atoms with van der Waals surface area (Å²) in [5.74, 6) is -0.317. The van der Waals surface area contributed by atoms with Gasteiger partial charge in [0, 0.05) is 18.3 Å². The summed E-state index contributed by atoms with van der Waals surface area (Å²) >= 11 is 0. The summed E-state index contributed by atoms with van der Waals surface area (Å²) in [5, 5.41) is 0. The van der Waals surface area contributed by atoms with Gasteiger partial charge in [0.05, 0.1) is 23.7 Å². The van der Waals surface area contributed by atoms with Crippen molar-refractivity contribution in [2.24, 2.45) is 0 Å². The first-order valence-corrected chi connectivity index (χ1v) is 8.20. The van der Waals surface area contributed by atoms with Crippen molar-refractivity contribution in [3.05, 3.63) is 71.9 Å². The number of hydrogen-bond acceptors (Lipinski definition) is 4. The predicted molar refractivity (Wildman–Crippen MR) is 96.6 cm³/mol. The second-order valence-corrected chi connectivity index (χ2v) is 5.86. The maximum Gasteiger partial charge on any atom is 0.224 e. The molecule has 0 radical (unpaired) electrons. The normalized spacial score (nSPS) is 10.9. The van der Waals surface area contributed by atoms with Crippen molar-refractivity contribution in [3.63, 3.8) is 0 Å². The van der Waals surface area contributed by atoms with Crippen molar-refractivity contribution < 1.29 is 18.3 Å². The van der Waals surface area contributed by atoms with Crippen LogP contribution in [0.25, 0.3) is 22.4 Å². The third-order valence-electron chi connectivity index (χ3n) is 4.08. The number of H-pyrrole nitrogens is 1. The van der Waals surface area contributed by atoms with Crippen LogP contribution in [-0.2, 0) is 6.61 Å². The molecule has 0 aliphatic rings. The zero-order valence-electron chi connectivity index (χ0n) is 14.4. The number of fused-ring (bicyclic) bond motifs is 1. The van der Waals surface area contributed by atoms with E-state index in [9.17, 15) is 8.78 Å². The topological polar surface area (TPSA) is 60.0 Å². The van der Waals surface area contributed by atoms with Gasteiger partial charge in [-0.05, 0) is 29.8 Å². The number of ether oxygens (including phenoxy) is 2. The summed E-state index contributed by atoms with van der Waals surface area (Å²) in [4.78, 5) is 11.6. The van der Waals surface area contributed by atoms with Crippen LogP contribution < -0.4 is 9.47 Å². The van der Waals surface area contributed by atoms with Crippen LogP contribution in [0.4, 0.5) is 8.78 Å². The molecule has 0 aliphatic carbocycles. The quantitative estimate of drug-likeness (QED) is 0.565. The van der Waals surface area contributed by atoms with Gasteiger partial charge in [0.25, 0.3) is 0 Å². The molecule has 0 fully saturated rings. The van der Waals surface area contributed by atoms with Crippen LogP contribution in [0.2, 0.25) is 0 Å². The lowest BCUT2D eigenvalue weighted by Crippen LogP contribution is -1.99. The zero-order chi connectivity index (χ0) is 18.8. The third kappa shape index (κ3) is 3.44. The van der Waals surface area contributed by atoms with Gasteiger partial charge in [-0.3, -0.25) is 0 Å². The standard InChI is InChI=1S/C20H15F2N3O2/c1-26-13-6-4-12(5-7-13)11-27-20-14(3-2-8-23-20)19-24-17-9-15(21)16(22)10-18(17)25-19/h2-10H,11H2,1H3,(H,24,25). The summed E-state index contributed by atoms with van der Waals surface area (Å²) < 4.78 is 37.8. The van der Waals surface area contributed by atoms with Crippen LogP contribution in [0.5, 0.6) is 11.6 Å². The second-order valence-electron chi connectivity index (χ2n) is 5.86. The van der Waals surface area contributed by atoms with Gasteiger partial charge in [-0.15, -0.1) is 0 Å². The van der Waals surface area contributed by atoms with Crippen LogP contribution in [-0.4, -0.2) is 22.1 Å². The first-order valence-electron chi connectivity index (χ1n) is 8.20. The number of methoxy groups -OCH3 is 1. The van der Waals surface area contributed by atoms with Crippen molar-refractivity contribution in [1.29, 1.82) is 0 Å². The highest BCUT2D eigenvalue weighted by Crippen LogP contribution is 2.28. The van der Waals surface area contributed by atoms with Crippen LogP contribution in [0.1, 0.15) is 5.56 Å². The number of benzene rings is 2. The molecular formula is C20H15F2N3O2. The van der Waals surface area contributed by atoms with E-state index in [4.69, 9.17) is 9.47 Å². The van der Waals surface area contributed by atoms with Gasteiger partial charge in [0.2, 0.25) is 5.88 Å². The Morgan fingerprint density at radius 3 is 2.59 bits per heavy atom. The average Bonchev–Trinajstić information content (AvgIpc) is 3.10. The van der Waals surface area contributed by atoms with E-state index in [2.05, 4.69) is 15.0 Å². The molecule has 0 aliphatic heterocycles. The van der Waals surface area contributed by atoms with E-state index in [1.165, 1.54) is 0 Å². The van der Waals surface area contributed by atoms with Gasteiger partial charge in [0.15, 0.2) is 11.6 Å². The minimum absolute atomic E-state index is 0.303. The number of halogens is 2. The highest BCUT2D eigenvalue weighted by Gasteiger charge is 2.14. The van der Waals surface area contributed by atoms with E-state index in [1.54, 1.807) is 25.4 Å².